The van der Waals surface area contributed by atoms with Gasteiger partial charge in [-0.25, -0.2) is 0 Å². The lowest BCUT2D eigenvalue weighted by Gasteiger charge is -2.28. The van der Waals surface area contributed by atoms with Crippen molar-refractivity contribution >= 4 is 11.9 Å². The molecule has 0 saturated heterocycles. The first-order valence-electron chi connectivity index (χ1n) is 6.65. The zero-order valence-corrected chi connectivity index (χ0v) is 11.4. The predicted octanol–water partition coefficient (Wildman–Crippen LogP) is 1.20. The maximum atomic E-state index is 12.2. The van der Waals surface area contributed by atoms with Gasteiger partial charge in [0, 0.05) is 18.0 Å². The number of carbonyl (C=O) groups is 2. The molecule has 1 fully saturated rings. The molecule has 0 aliphatic heterocycles. The predicted molar refractivity (Wildman–Crippen MR) is 72.7 cm³/mol. The molecule has 1 aromatic heterocycles. The number of aromatic nitrogens is 1. The van der Waals surface area contributed by atoms with Gasteiger partial charge in [0.1, 0.15) is 5.56 Å². The summed E-state index contributed by atoms with van der Waals surface area (Å²) in [6, 6.07) is 1.35. The van der Waals surface area contributed by atoms with Gasteiger partial charge < -0.3 is 15.4 Å². The number of aromatic amines is 1. The van der Waals surface area contributed by atoms with E-state index in [-0.39, 0.29) is 17.4 Å². The summed E-state index contributed by atoms with van der Waals surface area (Å²) in [7, 11) is 0. The molecule has 0 bridgehead atoms. The van der Waals surface area contributed by atoms with E-state index in [1.54, 1.807) is 6.92 Å². The molecule has 0 unspecified atom stereocenters. The summed E-state index contributed by atoms with van der Waals surface area (Å²) < 4.78 is 0. The average Bonchev–Trinajstić information content (AvgIpc) is 2.75. The Morgan fingerprint density at radius 1 is 1.40 bits per heavy atom. The number of carbonyl (C=O) groups excluding carboxylic acids is 1. The van der Waals surface area contributed by atoms with Crippen LogP contribution in [0.4, 0.5) is 0 Å². The van der Waals surface area contributed by atoms with Crippen LogP contribution < -0.4 is 10.7 Å². The van der Waals surface area contributed by atoms with Crippen LogP contribution >= 0.6 is 0 Å². The van der Waals surface area contributed by atoms with Crippen molar-refractivity contribution in [3.63, 3.8) is 0 Å². The molecule has 1 aromatic rings. The minimum atomic E-state index is -0.940. The Morgan fingerprint density at radius 2 is 2.05 bits per heavy atom. The number of carboxylic acid groups (broad SMARTS) is 1. The molecular weight excluding hydrogens is 260 g/mol. The Kier molecular flexibility index (Phi) is 3.92. The van der Waals surface area contributed by atoms with E-state index in [4.69, 9.17) is 5.11 Å². The smallest absolute Gasteiger partial charge is 0.305 e. The molecule has 6 heteroatoms. The highest BCUT2D eigenvalue weighted by atomic mass is 16.4. The van der Waals surface area contributed by atoms with Crippen molar-refractivity contribution in [3.05, 3.63) is 33.7 Å². The lowest BCUT2D eigenvalue weighted by Crippen LogP contribution is -2.48. The first kappa shape index (κ1) is 14.3. The van der Waals surface area contributed by atoms with E-state index in [1.165, 1.54) is 12.3 Å². The SMILES string of the molecule is Cc1cc(=O)c(C(=O)NC2(CC(=O)O)CCCC2)c[nH]1. The molecule has 1 amide bonds. The second kappa shape index (κ2) is 5.48. The van der Waals surface area contributed by atoms with Crippen molar-refractivity contribution in [2.45, 2.75) is 44.6 Å². The number of hydrogen-bond donors (Lipinski definition) is 3. The Hall–Kier alpha value is -2.11. The third-order valence-electron chi connectivity index (χ3n) is 3.73. The van der Waals surface area contributed by atoms with Crippen LogP contribution in [0.5, 0.6) is 0 Å². The van der Waals surface area contributed by atoms with E-state index in [9.17, 15) is 14.4 Å². The summed E-state index contributed by atoms with van der Waals surface area (Å²) in [4.78, 5) is 37.8. The van der Waals surface area contributed by atoms with Crippen LogP contribution in [0.3, 0.4) is 0 Å². The summed E-state index contributed by atoms with van der Waals surface area (Å²) in [5.74, 6) is -1.44. The number of aliphatic carboxylic acids is 1. The minimum absolute atomic E-state index is 0.0206. The highest BCUT2D eigenvalue weighted by molar-refractivity contribution is 5.94. The topological polar surface area (TPSA) is 99.3 Å². The van der Waals surface area contributed by atoms with Gasteiger partial charge in [0.2, 0.25) is 0 Å². The number of hydrogen-bond acceptors (Lipinski definition) is 3. The molecule has 2 rings (SSSR count). The third-order valence-corrected chi connectivity index (χ3v) is 3.73. The Bertz CT molecular complexity index is 585. The Labute approximate surface area is 116 Å². The number of pyridine rings is 1. The van der Waals surface area contributed by atoms with Gasteiger partial charge in [-0.05, 0) is 19.8 Å². The minimum Gasteiger partial charge on any atom is -0.481 e. The fraction of sp³-hybridized carbons (Fsp3) is 0.500. The molecule has 108 valence electrons. The number of amides is 1. The van der Waals surface area contributed by atoms with Crippen molar-refractivity contribution < 1.29 is 14.7 Å². The summed E-state index contributed by atoms with van der Waals surface area (Å²) in [5, 5.41) is 11.8. The first-order valence-corrected chi connectivity index (χ1v) is 6.65. The van der Waals surface area contributed by atoms with Crippen LogP contribution in [0.1, 0.15) is 48.2 Å². The van der Waals surface area contributed by atoms with Crippen LogP contribution in [0.15, 0.2) is 17.1 Å². The molecule has 6 nitrogen and oxygen atoms in total. The van der Waals surface area contributed by atoms with Crippen LogP contribution in [0, 0.1) is 6.92 Å². The van der Waals surface area contributed by atoms with Gasteiger partial charge in [-0.15, -0.1) is 0 Å². The molecule has 1 heterocycles. The molecule has 0 aromatic carbocycles. The molecule has 1 aliphatic rings. The van der Waals surface area contributed by atoms with Crippen LogP contribution in [-0.2, 0) is 4.79 Å². The maximum absolute atomic E-state index is 12.2. The molecule has 0 spiro atoms. The molecule has 1 saturated carbocycles. The van der Waals surface area contributed by atoms with Crippen LogP contribution in [0.25, 0.3) is 0 Å². The zero-order valence-electron chi connectivity index (χ0n) is 11.4. The van der Waals surface area contributed by atoms with Gasteiger partial charge in [-0.1, -0.05) is 12.8 Å². The van der Waals surface area contributed by atoms with Gasteiger partial charge in [0.15, 0.2) is 5.43 Å². The summed E-state index contributed by atoms with van der Waals surface area (Å²) in [6.07, 6.45) is 4.30. The van der Waals surface area contributed by atoms with Gasteiger partial charge in [0.25, 0.3) is 5.91 Å². The van der Waals surface area contributed by atoms with Crippen molar-refractivity contribution in [3.8, 4) is 0 Å². The number of rotatable bonds is 4. The fourth-order valence-corrected chi connectivity index (χ4v) is 2.75. The summed E-state index contributed by atoms with van der Waals surface area (Å²) in [6.45, 7) is 1.73. The second-order valence-electron chi connectivity index (χ2n) is 5.41. The van der Waals surface area contributed by atoms with Crippen molar-refractivity contribution in [2.24, 2.45) is 0 Å². The molecule has 1 aliphatic carbocycles. The average molecular weight is 278 g/mol. The second-order valence-corrected chi connectivity index (χ2v) is 5.41. The molecule has 20 heavy (non-hydrogen) atoms. The van der Waals surface area contributed by atoms with Crippen LogP contribution in [-0.4, -0.2) is 27.5 Å². The standard InChI is InChI=1S/C14H18N2O4/c1-9-6-11(17)10(8-15-9)13(20)16-14(7-12(18)19)4-2-3-5-14/h6,8H,2-5,7H2,1H3,(H,15,17)(H,16,20)(H,18,19). The highest BCUT2D eigenvalue weighted by Gasteiger charge is 2.37. The first-order chi connectivity index (χ1) is 9.42. The highest BCUT2D eigenvalue weighted by Crippen LogP contribution is 2.32. The zero-order chi connectivity index (χ0) is 14.8. The van der Waals surface area contributed by atoms with E-state index in [0.29, 0.717) is 18.5 Å². The van der Waals surface area contributed by atoms with Crippen molar-refractivity contribution in [1.82, 2.24) is 10.3 Å². The largest absolute Gasteiger partial charge is 0.481 e. The monoisotopic (exact) mass is 278 g/mol. The number of H-pyrrole nitrogens is 1. The van der Waals surface area contributed by atoms with Gasteiger partial charge in [-0.3, -0.25) is 14.4 Å². The lowest BCUT2D eigenvalue weighted by atomic mass is 9.92. The van der Waals surface area contributed by atoms with Gasteiger partial charge in [0.05, 0.1) is 12.0 Å². The summed E-state index contributed by atoms with van der Waals surface area (Å²) >= 11 is 0. The van der Waals surface area contributed by atoms with E-state index in [1.807, 2.05) is 0 Å². The quantitative estimate of drug-likeness (QED) is 0.770. The number of carboxylic acids is 1. The van der Waals surface area contributed by atoms with Crippen molar-refractivity contribution in [2.75, 3.05) is 0 Å². The number of aryl methyl sites for hydroxylation is 1. The van der Waals surface area contributed by atoms with E-state index in [0.717, 1.165) is 12.8 Å². The molecular formula is C14H18N2O4. The van der Waals surface area contributed by atoms with Crippen molar-refractivity contribution in [1.29, 1.82) is 0 Å². The van der Waals surface area contributed by atoms with Gasteiger partial charge in [-0.2, -0.15) is 0 Å². The number of nitrogens with one attached hydrogen (secondary N) is 2. The van der Waals surface area contributed by atoms with E-state index in [2.05, 4.69) is 10.3 Å². The summed E-state index contributed by atoms with van der Waals surface area (Å²) in [5.41, 5.74) is -0.387. The molecule has 0 radical (unpaired) electrons. The lowest BCUT2D eigenvalue weighted by molar-refractivity contribution is -0.138. The van der Waals surface area contributed by atoms with Gasteiger partial charge >= 0.3 is 5.97 Å². The van der Waals surface area contributed by atoms with E-state index < -0.39 is 17.4 Å². The third kappa shape index (κ3) is 3.07. The normalized spacial score (nSPS) is 16.9. The Morgan fingerprint density at radius 3 is 2.60 bits per heavy atom. The molecule has 0 atom stereocenters. The fourth-order valence-electron chi connectivity index (χ4n) is 2.75. The maximum Gasteiger partial charge on any atom is 0.305 e. The Balaban J connectivity index is 2.20. The molecule has 3 N–H and O–H groups in total. The van der Waals surface area contributed by atoms with E-state index >= 15 is 0 Å². The van der Waals surface area contributed by atoms with Crippen LogP contribution in [0.2, 0.25) is 0 Å².